The van der Waals surface area contributed by atoms with Crippen molar-refractivity contribution in [3.8, 4) is 6.07 Å². The molecule has 0 aromatic heterocycles. The number of nitrogens with zero attached hydrogens (tertiary/aromatic N) is 1. The van der Waals surface area contributed by atoms with Gasteiger partial charge in [0.15, 0.2) is 0 Å². The van der Waals surface area contributed by atoms with E-state index in [1.54, 1.807) is 0 Å². The lowest BCUT2D eigenvalue weighted by molar-refractivity contribution is 0.599. The Labute approximate surface area is 54.4 Å². The van der Waals surface area contributed by atoms with Crippen molar-refractivity contribution in [1.29, 1.82) is 5.26 Å². The Morgan fingerprint density at radius 2 is 2.44 bits per heavy atom. The number of nitrogens with one attached hydrogen (secondary N) is 2. The number of hydrogen-bond donors (Lipinski definition) is 2. The second-order valence-electron chi connectivity index (χ2n) is 1.90. The molecule has 0 spiro atoms. The molecule has 3 heteroatoms. The first-order chi connectivity index (χ1) is 4.43. The van der Waals surface area contributed by atoms with Crippen molar-refractivity contribution in [2.24, 2.45) is 0 Å². The van der Waals surface area contributed by atoms with Crippen LogP contribution in [-0.2, 0) is 0 Å². The molecule has 1 rings (SSSR count). The summed E-state index contributed by atoms with van der Waals surface area (Å²) < 4.78 is 0. The molecule has 0 unspecified atom stereocenters. The van der Waals surface area contributed by atoms with Gasteiger partial charge in [-0.15, -0.1) is 0 Å². The molecule has 0 amide bonds. The van der Waals surface area contributed by atoms with Gasteiger partial charge in [0.25, 0.3) is 0 Å². The van der Waals surface area contributed by atoms with Gasteiger partial charge in [0.2, 0.25) is 0 Å². The third-order valence-electron chi connectivity index (χ3n) is 1.21. The molecule has 0 aliphatic carbocycles. The van der Waals surface area contributed by atoms with E-state index in [4.69, 9.17) is 5.26 Å². The second kappa shape index (κ2) is 3.10. The molecule has 1 aliphatic heterocycles. The molecule has 48 valence electrons. The first kappa shape index (κ1) is 6.12. The summed E-state index contributed by atoms with van der Waals surface area (Å²) in [6, 6.07) is 1.97. The quantitative estimate of drug-likeness (QED) is 0.430. The molecule has 2 N–H and O–H groups in total. The van der Waals surface area contributed by atoms with Crippen molar-refractivity contribution in [2.45, 2.75) is 0 Å². The lowest BCUT2D eigenvalue weighted by Gasteiger charge is -2.16. The average molecular weight is 123 g/mol. The minimum Gasteiger partial charge on any atom is -0.385 e. The number of nitriles is 1. The van der Waals surface area contributed by atoms with Crippen LogP contribution in [-0.4, -0.2) is 19.6 Å². The zero-order valence-corrected chi connectivity index (χ0v) is 5.15. The van der Waals surface area contributed by atoms with Crippen LogP contribution in [0.4, 0.5) is 0 Å². The van der Waals surface area contributed by atoms with Crippen LogP contribution in [0.15, 0.2) is 11.8 Å². The van der Waals surface area contributed by atoms with Crippen molar-refractivity contribution in [3.63, 3.8) is 0 Å². The van der Waals surface area contributed by atoms with Gasteiger partial charge in [-0.05, 0) is 0 Å². The van der Waals surface area contributed by atoms with Crippen molar-refractivity contribution in [3.05, 3.63) is 11.8 Å². The van der Waals surface area contributed by atoms with Gasteiger partial charge in [0.1, 0.15) is 0 Å². The molecule has 0 bridgehead atoms. The van der Waals surface area contributed by atoms with Crippen LogP contribution in [0.25, 0.3) is 0 Å². The van der Waals surface area contributed by atoms with E-state index in [9.17, 15) is 0 Å². The molecule has 9 heavy (non-hydrogen) atoms. The van der Waals surface area contributed by atoms with E-state index >= 15 is 0 Å². The van der Waals surface area contributed by atoms with E-state index in [0.29, 0.717) is 0 Å². The number of rotatable bonds is 0. The topological polar surface area (TPSA) is 47.9 Å². The molecule has 1 fully saturated rings. The van der Waals surface area contributed by atoms with Gasteiger partial charge in [0.05, 0.1) is 6.07 Å². The zero-order chi connectivity index (χ0) is 6.53. The van der Waals surface area contributed by atoms with Gasteiger partial charge in [-0.1, -0.05) is 0 Å². The van der Waals surface area contributed by atoms with Crippen molar-refractivity contribution < 1.29 is 0 Å². The van der Waals surface area contributed by atoms with Crippen molar-refractivity contribution >= 4 is 0 Å². The van der Waals surface area contributed by atoms with E-state index in [1.807, 2.05) is 6.07 Å². The van der Waals surface area contributed by atoms with Crippen molar-refractivity contribution in [2.75, 3.05) is 19.6 Å². The average Bonchev–Trinajstić information content (AvgIpc) is 1.91. The summed E-state index contributed by atoms with van der Waals surface area (Å²) in [4.78, 5) is 0. The maximum atomic E-state index is 8.22. The molecule has 0 saturated carbocycles. The highest BCUT2D eigenvalue weighted by molar-refractivity contribution is 5.14. The Morgan fingerprint density at radius 3 is 3.00 bits per heavy atom. The summed E-state index contributed by atoms with van der Waals surface area (Å²) >= 11 is 0. The molecule has 1 aliphatic rings. The van der Waals surface area contributed by atoms with Gasteiger partial charge in [-0.3, -0.25) is 0 Å². The second-order valence-corrected chi connectivity index (χ2v) is 1.90. The summed E-state index contributed by atoms with van der Waals surface area (Å²) in [7, 11) is 0. The van der Waals surface area contributed by atoms with Crippen LogP contribution >= 0.6 is 0 Å². The largest absolute Gasteiger partial charge is 0.385 e. The smallest absolute Gasteiger partial charge is 0.0930 e. The molecule has 1 heterocycles. The number of hydrogen-bond acceptors (Lipinski definition) is 3. The summed E-state index contributed by atoms with van der Waals surface area (Å²) in [6.45, 7) is 2.71. The summed E-state index contributed by atoms with van der Waals surface area (Å²) in [5, 5.41) is 14.5. The minimum atomic E-state index is 0.799. The SMILES string of the molecule is N#CC=C1CNCCN1. The summed E-state index contributed by atoms with van der Waals surface area (Å²) in [5.74, 6) is 0. The highest BCUT2D eigenvalue weighted by Crippen LogP contribution is 1.88. The van der Waals surface area contributed by atoms with Crippen molar-refractivity contribution in [1.82, 2.24) is 10.6 Å². The number of piperazine rings is 1. The molecular formula is C6H9N3. The Morgan fingerprint density at radius 1 is 1.56 bits per heavy atom. The Balaban J connectivity index is 2.42. The van der Waals surface area contributed by atoms with Crippen LogP contribution in [0.5, 0.6) is 0 Å². The van der Waals surface area contributed by atoms with Crippen LogP contribution in [0.3, 0.4) is 0 Å². The summed E-state index contributed by atoms with van der Waals surface area (Å²) in [6.07, 6.45) is 1.53. The maximum Gasteiger partial charge on any atom is 0.0930 e. The molecule has 3 nitrogen and oxygen atoms in total. The zero-order valence-electron chi connectivity index (χ0n) is 5.15. The lowest BCUT2D eigenvalue weighted by Crippen LogP contribution is -2.37. The molecular weight excluding hydrogens is 114 g/mol. The van der Waals surface area contributed by atoms with Gasteiger partial charge < -0.3 is 10.6 Å². The van der Waals surface area contributed by atoms with E-state index in [-0.39, 0.29) is 0 Å². The lowest BCUT2D eigenvalue weighted by atomic mass is 10.3. The normalized spacial score (nSPS) is 22.8. The number of allylic oxidation sites excluding steroid dienone is 1. The fourth-order valence-electron chi connectivity index (χ4n) is 0.777. The van der Waals surface area contributed by atoms with Gasteiger partial charge >= 0.3 is 0 Å². The highest BCUT2D eigenvalue weighted by Gasteiger charge is 2.00. The van der Waals surface area contributed by atoms with Crippen LogP contribution in [0.1, 0.15) is 0 Å². The van der Waals surface area contributed by atoms with Gasteiger partial charge in [-0.25, -0.2) is 0 Å². The van der Waals surface area contributed by atoms with Gasteiger partial charge in [0, 0.05) is 31.4 Å². The Kier molecular flexibility index (Phi) is 2.11. The Hall–Kier alpha value is -1.01. The standard InChI is InChI=1S/C6H9N3/c7-2-1-6-5-8-3-4-9-6/h1,8-9H,3-5H2. The third-order valence-corrected chi connectivity index (χ3v) is 1.21. The van der Waals surface area contributed by atoms with E-state index in [2.05, 4.69) is 10.6 Å². The van der Waals surface area contributed by atoms with Gasteiger partial charge in [-0.2, -0.15) is 5.26 Å². The summed E-state index contributed by atoms with van der Waals surface area (Å²) in [5.41, 5.74) is 0.990. The van der Waals surface area contributed by atoms with Crippen LogP contribution in [0.2, 0.25) is 0 Å². The molecule has 0 aromatic carbocycles. The predicted octanol–water partition coefficient (Wildman–Crippen LogP) is -0.413. The Bertz CT molecular complexity index is 146. The fourth-order valence-corrected chi connectivity index (χ4v) is 0.777. The van der Waals surface area contributed by atoms with E-state index < -0.39 is 0 Å². The molecule has 0 radical (unpaired) electrons. The highest BCUT2D eigenvalue weighted by atomic mass is 15.0. The first-order valence-electron chi connectivity index (χ1n) is 2.97. The first-order valence-corrected chi connectivity index (χ1v) is 2.97. The maximum absolute atomic E-state index is 8.22. The van der Waals surface area contributed by atoms with Crippen LogP contribution in [0, 0.1) is 11.3 Å². The molecule has 0 aromatic rings. The molecule has 0 atom stereocenters. The minimum absolute atomic E-state index is 0.799. The monoisotopic (exact) mass is 123 g/mol. The predicted molar refractivity (Wildman–Crippen MR) is 34.6 cm³/mol. The third kappa shape index (κ3) is 1.74. The molecule has 1 saturated heterocycles. The van der Waals surface area contributed by atoms with E-state index in [1.165, 1.54) is 6.08 Å². The van der Waals surface area contributed by atoms with E-state index in [0.717, 1.165) is 25.3 Å². The van der Waals surface area contributed by atoms with Crippen LogP contribution < -0.4 is 10.6 Å². The fraction of sp³-hybridized carbons (Fsp3) is 0.500.